The number of nitrogens with one attached hydrogen (secondary N) is 1. The van der Waals surface area contributed by atoms with E-state index in [2.05, 4.69) is 17.3 Å². The fraction of sp³-hybridized carbons (Fsp3) is 0.417. The minimum absolute atomic E-state index is 0.390. The number of furan rings is 1. The Labute approximate surface area is 95.3 Å². The van der Waals surface area contributed by atoms with Crippen LogP contribution in [0.5, 0.6) is 0 Å². The van der Waals surface area contributed by atoms with Gasteiger partial charge in [0.1, 0.15) is 5.76 Å². The van der Waals surface area contributed by atoms with Crippen molar-refractivity contribution in [2.24, 2.45) is 7.05 Å². The second-order valence-electron chi connectivity index (χ2n) is 4.01. The predicted octanol–water partition coefficient (Wildman–Crippen LogP) is 1.73. The van der Waals surface area contributed by atoms with Gasteiger partial charge in [-0.3, -0.25) is 4.68 Å². The molecule has 0 aliphatic rings. The summed E-state index contributed by atoms with van der Waals surface area (Å²) in [5.74, 6) is 1.02. The van der Waals surface area contributed by atoms with Crippen LogP contribution >= 0.6 is 0 Å². The molecule has 0 fully saturated rings. The van der Waals surface area contributed by atoms with Crippen LogP contribution in [0.1, 0.15) is 18.4 Å². The molecule has 0 bridgehead atoms. The van der Waals surface area contributed by atoms with E-state index < -0.39 is 0 Å². The first-order valence-electron chi connectivity index (χ1n) is 5.48. The zero-order valence-electron chi connectivity index (χ0n) is 9.68. The lowest BCUT2D eigenvalue weighted by Crippen LogP contribution is -2.28. The molecule has 4 heteroatoms. The van der Waals surface area contributed by atoms with Gasteiger partial charge in [-0.1, -0.05) is 0 Å². The van der Waals surface area contributed by atoms with Crippen LogP contribution in [0.15, 0.2) is 35.1 Å². The largest absolute Gasteiger partial charge is 0.469 e. The van der Waals surface area contributed by atoms with Gasteiger partial charge in [0.15, 0.2) is 0 Å². The molecule has 0 aliphatic heterocycles. The van der Waals surface area contributed by atoms with Crippen molar-refractivity contribution in [1.29, 1.82) is 0 Å². The molecule has 0 saturated carbocycles. The molecule has 1 unspecified atom stereocenters. The minimum atomic E-state index is 0.390. The summed E-state index contributed by atoms with van der Waals surface area (Å²) in [6.07, 6.45) is 4.43. The maximum absolute atomic E-state index is 5.31. The Balaban J connectivity index is 1.80. The molecule has 2 aromatic rings. The average Bonchev–Trinajstić information content (AvgIpc) is 2.87. The van der Waals surface area contributed by atoms with Crippen LogP contribution in [0, 0.1) is 0 Å². The average molecular weight is 219 g/mol. The van der Waals surface area contributed by atoms with E-state index in [0.29, 0.717) is 6.04 Å². The van der Waals surface area contributed by atoms with E-state index in [-0.39, 0.29) is 0 Å². The molecule has 0 aliphatic carbocycles. The lowest BCUT2D eigenvalue weighted by atomic mass is 10.2. The molecule has 16 heavy (non-hydrogen) atoms. The van der Waals surface area contributed by atoms with Crippen LogP contribution in [0.4, 0.5) is 0 Å². The van der Waals surface area contributed by atoms with Gasteiger partial charge in [0, 0.05) is 32.3 Å². The highest BCUT2D eigenvalue weighted by molar-refractivity contribution is 5.02. The Morgan fingerprint density at radius 2 is 2.38 bits per heavy atom. The number of nitrogens with zero attached hydrogens (tertiary/aromatic N) is 2. The summed E-state index contributed by atoms with van der Waals surface area (Å²) in [6, 6.07) is 6.33. The van der Waals surface area contributed by atoms with Gasteiger partial charge < -0.3 is 9.73 Å². The molecule has 0 saturated heterocycles. The normalized spacial score (nSPS) is 12.9. The van der Waals surface area contributed by atoms with Crippen molar-refractivity contribution in [1.82, 2.24) is 15.1 Å². The van der Waals surface area contributed by atoms with E-state index in [0.717, 1.165) is 18.7 Å². The fourth-order valence-electron chi connectivity index (χ4n) is 1.66. The lowest BCUT2D eigenvalue weighted by molar-refractivity contribution is 0.452. The molecule has 1 N–H and O–H groups in total. The maximum Gasteiger partial charge on any atom is 0.105 e. The van der Waals surface area contributed by atoms with Crippen molar-refractivity contribution in [2.45, 2.75) is 25.9 Å². The van der Waals surface area contributed by atoms with E-state index in [9.17, 15) is 0 Å². The zero-order valence-corrected chi connectivity index (χ0v) is 9.68. The second kappa shape index (κ2) is 4.99. The van der Waals surface area contributed by atoms with Gasteiger partial charge in [-0.05, 0) is 25.1 Å². The quantitative estimate of drug-likeness (QED) is 0.833. The van der Waals surface area contributed by atoms with E-state index in [1.807, 2.05) is 36.1 Å². The molecule has 2 aromatic heterocycles. The summed E-state index contributed by atoms with van der Waals surface area (Å²) in [7, 11) is 1.95. The van der Waals surface area contributed by atoms with Gasteiger partial charge in [-0.15, -0.1) is 0 Å². The minimum Gasteiger partial charge on any atom is -0.469 e. The summed E-state index contributed by atoms with van der Waals surface area (Å²) in [4.78, 5) is 0. The van der Waals surface area contributed by atoms with Crippen molar-refractivity contribution in [2.75, 3.05) is 0 Å². The van der Waals surface area contributed by atoms with Crippen molar-refractivity contribution >= 4 is 0 Å². The first-order valence-corrected chi connectivity index (χ1v) is 5.48. The van der Waals surface area contributed by atoms with Gasteiger partial charge in [-0.2, -0.15) is 5.10 Å². The van der Waals surface area contributed by atoms with Gasteiger partial charge in [-0.25, -0.2) is 0 Å². The topological polar surface area (TPSA) is 43.0 Å². The van der Waals surface area contributed by atoms with Gasteiger partial charge in [0.25, 0.3) is 0 Å². The van der Waals surface area contributed by atoms with Gasteiger partial charge >= 0.3 is 0 Å². The molecule has 4 nitrogen and oxygen atoms in total. The lowest BCUT2D eigenvalue weighted by Gasteiger charge is -2.12. The van der Waals surface area contributed by atoms with Crippen LogP contribution in [0.3, 0.4) is 0 Å². The van der Waals surface area contributed by atoms with Crippen molar-refractivity contribution in [3.63, 3.8) is 0 Å². The Morgan fingerprint density at radius 1 is 1.50 bits per heavy atom. The molecule has 0 aromatic carbocycles. The molecular formula is C12H17N3O. The molecule has 86 valence electrons. The van der Waals surface area contributed by atoms with Gasteiger partial charge in [0.05, 0.1) is 12.0 Å². The molecule has 0 amide bonds. The smallest absolute Gasteiger partial charge is 0.105 e. The van der Waals surface area contributed by atoms with E-state index in [4.69, 9.17) is 4.42 Å². The monoisotopic (exact) mass is 219 g/mol. The first-order chi connectivity index (χ1) is 7.75. The number of aromatic nitrogens is 2. The molecule has 1 atom stereocenters. The van der Waals surface area contributed by atoms with E-state index in [1.165, 1.54) is 5.69 Å². The summed E-state index contributed by atoms with van der Waals surface area (Å²) in [5, 5.41) is 7.57. The fourth-order valence-corrected chi connectivity index (χ4v) is 1.66. The first kappa shape index (κ1) is 11.0. The van der Waals surface area contributed by atoms with Crippen LogP contribution in [-0.4, -0.2) is 15.8 Å². The van der Waals surface area contributed by atoms with Crippen LogP contribution < -0.4 is 5.32 Å². The number of hydrogen-bond acceptors (Lipinski definition) is 3. The highest BCUT2D eigenvalue weighted by atomic mass is 16.3. The number of aryl methyl sites for hydroxylation is 1. The summed E-state index contributed by atoms with van der Waals surface area (Å²) >= 11 is 0. The Kier molecular flexibility index (Phi) is 3.41. The third kappa shape index (κ3) is 2.73. The third-order valence-electron chi connectivity index (χ3n) is 2.64. The van der Waals surface area contributed by atoms with Crippen LogP contribution in [0.2, 0.25) is 0 Å². The Morgan fingerprint density at radius 3 is 3.00 bits per heavy atom. The van der Waals surface area contributed by atoms with E-state index in [1.54, 1.807) is 6.26 Å². The summed E-state index contributed by atoms with van der Waals surface area (Å²) in [5.41, 5.74) is 1.19. The van der Waals surface area contributed by atoms with E-state index >= 15 is 0 Å². The zero-order chi connectivity index (χ0) is 11.4. The van der Waals surface area contributed by atoms with Gasteiger partial charge in [0.2, 0.25) is 0 Å². The van der Waals surface area contributed by atoms with Crippen molar-refractivity contribution < 1.29 is 4.42 Å². The van der Waals surface area contributed by atoms with Crippen molar-refractivity contribution in [3.05, 3.63) is 42.1 Å². The molecule has 0 spiro atoms. The maximum atomic E-state index is 5.31. The van der Waals surface area contributed by atoms with Crippen molar-refractivity contribution in [3.8, 4) is 0 Å². The standard InChI is InChI=1S/C12H17N3O/c1-10(8-12-4-3-7-16-12)13-9-11-5-6-14-15(11)2/h3-7,10,13H,8-9H2,1-2H3. The number of rotatable bonds is 5. The molecule has 2 heterocycles. The highest BCUT2D eigenvalue weighted by Crippen LogP contribution is 2.04. The molecule has 2 rings (SSSR count). The summed E-state index contributed by atoms with van der Waals surface area (Å²) < 4.78 is 7.19. The predicted molar refractivity (Wildman–Crippen MR) is 61.9 cm³/mol. The van der Waals surface area contributed by atoms with Crippen LogP contribution in [-0.2, 0) is 20.0 Å². The SMILES string of the molecule is CC(Cc1ccco1)NCc1ccnn1C. The molecule has 0 radical (unpaired) electrons. The Hall–Kier alpha value is -1.55. The molecular weight excluding hydrogens is 202 g/mol. The third-order valence-corrected chi connectivity index (χ3v) is 2.64. The Bertz CT molecular complexity index is 419. The second-order valence-corrected chi connectivity index (χ2v) is 4.01. The highest BCUT2D eigenvalue weighted by Gasteiger charge is 2.06. The number of hydrogen-bond donors (Lipinski definition) is 1. The van der Waals surface area contributed by atoms with Crippen LogP contribution in [0.25, 0.3) is 0 Å². The summed E-state index contributed by atoms with van der Waals surface area (Å²) in [6.45, 7) is 2.98.